The molecule has 2 nitrogen and oxygen atoms in total. The van der Waals surface area contributed by atoms with E-state index in [1.165, 1.54) is 6.92 Å². The van der Waals surface area contributed by atoms with Crippen LogP contribution in [0.15, 0.2) is 0 Å². The number of rotatable bonds is 3. The van der Waals surface area contributed by atoms with Crippen molar-refractivity contribution in [2.24, 2.45) is 7.05 Å². The van der Waals surface area contributed by atoms with Crippen molar-refractivity contribution in [3.63, 3.8) is 0 Å². The molecule has 1 rings (SSSR count). The lowest BCUT2D eigenvalue weighted by atomic mass is 9.95. The first kappa shape index (κ1) is 16.1. The molecule has 1 unspecified atom stereocenters. The quantitative estimate of drug-likeness (QED) is 0.605. The van der Waals surface area contributed by atoms with Gasteiger partial charge in [-0.2, -0.15) is 31.4 Å². The number of alkyl halides is 7. The Bertz CT molecular complexity index is 448. The summed E-state index contributed by atoms with van der Waals surface area (Å²) in [4.78, 5) is 0. The highest BCUT2D eigenvalue weighted by Crippen LogP contribution is 2.42. The predicted octanol–water partition coefficient (Wildman–Crippen LogP) is 4.19. The summed E-state index contributed by atoms with van der Waals surface area (Å²) in [5.74, 6) is -1.02. The summed E-state index contributed by atoms with van der Waals surface area (Å²) < 4.78 is 77.0. The zero-order valence-electron chi connectivity index (χ0n) is 10.0. The van der Waals surface area contributed by atoms with Gasteiger partial charge in [-0.05, 0) is 12.3 Å². The summed E-state index contributed by atoms with van der Waals surface area (Å²) in [6.45, 7) is 1.27. The van der Waals surface area contributed by atoms with E-state index in [4.69, 9.17) is 11.6 Å². The Labute approximate surface area is 110 Å². The second kappa shape index (κ2) is 5.22. The van der Waals surface area contributed by atoms with Crippen molar-refractivity contribution in [3.8, 4) is 0 Å². The van der Waals surface area contributed by atoms with Crippen molar-refractivity contribution >= 4 is 11.6 Å². The molecule has 0 N–H and O–H groups in total. The van der Waals surface area contributed by atoms with Gasteiger partial charge in [0.2, 0.25) is 0 Å². The SMILES string of the molecule is CC(CCCl)c1c(C(F)(F)F)nn(C)c1C(F)(F)F. The Hall–Kier alpha value is -0.920. The molecule has 0 saturated heterocycles. The molecule has 9 heteroatoms. The Balaban J connectivity index is 3.52. The van der Waals surface area contributed by atoms with Gasteiger partial charge < -0.3 is 0 Å². The molecule has 0 radical (unpaired) electrons. The van der Waals surface area contributed by atoms with E-state index in [9.17, 15) is 26.3 Å². The van der Waals surface area contributed by atoms with Gasteiger partial charge in [-0.1, -0.05) is 6.92 Å². The van der Waals surface area contributed by atoms with Crippen LogP contribution in [0.25, 0.3) is 0 Å². The zero-order chi connectivity index (χ0) is 15.0. The molecule has 1 atom stereocenters. The lowest BCUT2D eigenvalue weighted by Crippen LogP contribution is -2.16. The molecule has 1 aromatic heterocycles. The van der Waals surface area contributed by atoms with Gasteiger partial charge in [-0.15, -0.1) is 11.6 Å². The highest BCUT2D eigenvalue weighted by Gasteiger charge is 2.46. The molecular weight excluding hydrogens is 298 g/mol. The predicted molar refractivity (Wildman–Crippen MR) is 57.0 cm³/mol. The molecule has 0 fully saturated rings. The van der Waals surface area contributed by atoms with E-state index in [1.807, 2.05) is 0 Å². The molecule has 0 saturated carbocycles. The lowest BCUT2D eigenvalue weighted by molar-refractivity contribution is -0.145. The molecule has 0 aliphatic rings. The maximum atomic E-state index is 12.9. The zero-order valence-corrected chi connectivity index (χ0v) is 10.8. The van der Waals surface area contributed by atoms with E-state index in [2.05, 4.69) is 5.10 Å². The van der Waals surface area contributed by atoms with Gasteiger partial charge in [-0.3, -0.25) is 4.68 Å². The number of aryl methyl sites for hydroxylation is 1. The molecule has 1 heterocycles. The molecule has 110 valence electrons. The van der Waals surface area contributed by atoms with Gasteiger partial charge in [-0.25, -0.2) is 0 Å². The molecule has 0 bridgehead atoms. The van der Waals surface area contributed by atoms with E-state index in [0.29, 0.717) is 0 Å². The van der Waals surface area contributed by atoms with Crippen LogP contribution >= 0.6 is 11.6 Å². The van der Waals surface area contributed by atoms with Crippen LogP contribution in [-0.2, 0) is 19.4 Å². The second-order valence-electron chi connectivity index (χ2n) is 4.11. The molecule has 0 amide bonds. The van der Waals surface area contributed by atoms with Crippen molar-refractivity contribution < 1.29 is 26.3 Å². The fourth-order valence-corrected chi connectivity index (χ4v) is 2.19. The average molecular weight is 309 g/mol. The lowest BCUT2D eigenvalue weighted by Gasteiger charge is -2.16. The Morgan fingerprint density at radius 1 is 1.16 bits per heavy atom. The van der Waals surface area contributed by atoms with Crippen LogP contribution in [0.3, 0.4) is 0 Å². The molecule has 19 heavy (non-hydrogen) atoms. The minimum Gasteiger partial charge on any atom is -0.263 e. The Kier molecular flexibility index (Phi) is 4.44. The summed E-state index contributed by atoms with van der Waals surface area (Å²) in [5, 5.41) is 2.98. The fourth-order valence-electron chi connectivity index (χ4n) is 1.86. The van der Waals surface area contributed by atoms with E-state index in [0.717, 1.165) is 7.05 Å². The molecule has 0 aromatic carbocycles. The number of hydrogen-bond donors (Lipinski definition) is 0. The third-order valence-corrected chi connectivity index (χ3v) is 2.87. The van der Waals surface area contributed by atoms with Gasteiger partial charge in [0.1, 0.15) is 5.69 Å². The minimum atomic E-state index is -4.93. The largest absolute Gasteiger partial charge is 0.435 e. The van der Waals surface area contributed by atoms with Crippen LogP contribution in [0.2, 0.25) is 0 Å². The summed E-state index contributed by atoms with van der Waals surface area (Å²) >= 11 is 5.40. The topological polar surface area (TPSA) is 17.8 Å². The summed E-state index contributed by atoms with van der Waals surface area (Å²) in [7, 11) is 0.842. The van der Waals surface area contributed by atoms with Gasteiger partial charge in [0, 0.05) is 18.5 Å². The van der Waals surface area contributed by atoms with Gasteiger partial charge in [0.25, 0.3) is 0 Å². The summed E-state index contributed by atoms with van der Waals surface area (Å²) in [6.07, 6.45) is -9.84. The average Bonchev–Trinajstić information content (AvgIpc) is 2.55. The molecule has 0 aliphatic heterocycles. The minimum absolute atomic E-state index is 0.000586. The van der Waals surface area contributed by atoms with E-state index in [-0.39, 0.29) is 17.0 Å². The van der Waals surface area contributed by atoms with Crippen LogP contribution in [0.5, 0.6) is 0 Å². The maximum absolute atomic E-state index is 12.9. The van der Waals surface area contributed by atoms with Crippen LogP contribution in [-0.4, -0.2) is 15.7 Å². The molecule has 1 aromatic rings. The molecule has 0 aliphatic carbocycles. The third kappa shape index (κ3) is 3.34. The normalized spacial score (nSPS) is 14.8. The fraction of sp³-hybridized carbons (Fsp3) is 0.700. The highest BCUT2D eigenvalue weighted by atomic mass is 35.5. The maximum Gasteiger partial charge on any atom is 0.435 e. The summed E-state index contributed by atoms with van der Waals surface area (Å²) in [5.41, 5.74) is -3.72. The summed E-state index contributed by atoms with van der Waals surface area (Å²) in [6, 6.07) is 0. The molecular formula is C10H11ClF6N2. The van der Waals surface area contributed by atoms with E-state index >= 15 is 0 Å². The number of hydrogen-bond acceptors (Lipinski definition) is 1. The number of halogens is 7. The second-order valence-corrected chi connectivity index (χ2v) is 4.49. The van der Waals surface area contributed by atoms with Crippen molar-refractivity contribution in [2.45, 2.75) is 31.6 Å². The molecule has 0 spiro atoms. The highest BCUT2D eigenvalue weighted by molar-refractivity contribution is 6.17. The van der Waals surface area contributed by atoms with E-state index < -0.39 is 35.2 Å². The Morgan fingerprint density at radius 3 is 2.05 bits per heavy atom. The van der Waals surface area contributed by atoms with Gasteiger partial charge >= 0.3 is 12.4 Å². The van der Waals surface area contributed by atoms with Gasteiger partial charge in [0.05, 0.1) is 0 Å². The van der Waals surface area contributed by atoms with Crippen molar-refractivity contribution in [3.05, 3.63) is 17.0 Å². The van der Waals surface area contributed by atoms with Crippen molar-refractivity contribution in [2.75, 3.05) is 5.88 Å². The monoisotopic (exact) mass is 308 g/mol. The van der Waals surface area contributed by atoms with Crippen LogP contribution in [0.4, 0.5) is 26.3 Å². The van der Waals surface area contributed by atoms with Gasteiger partial charge in [0.15, 0.2) is 5.69 Å². The standard InChI is InChI=1S/C10H11ClF6N2/c1-5(3-4-11)6-7(9(12,13)14)18-19(2)8(6)10(15,16)17/h5H,3-4H2,1-2H3. The van der Waals surface area contributed by atoms with Crippen LogP contribution < -0.4 is 0 Å². The van der Waals surface area contributed by atoms with Crippen molar-refractivity contribution in [1.29, 1.82) is 0 Å². The first-order valence-corrected chi connectivity index (χ1v) is 5.80. The first-order chi connectivity index (χ1) is 8.50. The van der Waals surface area contributed by atoms with E-state index in [1.54, 1.807) is 0 Å². The Morgan fingerprint density at radius 2 is 1.68 bits per heavy atom. The third-order valence-electron chi connectivity index (χ3n) is 2.66. The van der Waals surface area contributed by atoms with Crippen LogP contribution in [0.1, 0.15) is 36.2 Å². The smallest absolute Gasteiger partial charge is 0.263 e. The van der Waals surface area contributed by atoms with Crippen LogP contribution in [0, 0.1) is 0 Å². The number of aromatic nitrogens is 2. The number of nitrogens with zero attached hydrogens (tertiary/aromatic N) is 2. The first-order valence-electron chi connectivity index (χ1n) is 5.27. The van der Waals surface area contributed by atoms with Crippen molar-refractivity contribution in [1.82, 2.24) is 9.78 Å².